The van der Waals surface area contributed by atoms with E-state index in [1.807, 2.05) is 50.2 Å². The van der Waals surface area contributed by atoms with Gasteiger partial charge in [0.15, 0.2) is 0 Å². The number of aliphatic imine (C=N–C) groups is 1. The zero-order valence-corrected chi connectivity index (χ0v) is 11.3. The SMILES string of the molecule is Cc1ccc(C2=N/C(=C/c3ccc(C)o3)C(=O)N2)cc1. The van der Waals surface area contributed by atoms with Gasteiger partial charge >= 0.3 is 0 Å². The third-order valence-electron chi connectivity index (χ3n) is 3.06. The van der Waals surface area contributed by atoms with Gasteiger partial charge in [0.05, 0.1) is 0 Å². The van der Waals surface area contributed by atoms with E-state index in [1.165, 1.54) is 5.56 Å². The van der Waals surface area contributed by atoms with Gasteiger partial charge in [0.2, 0.25) is 0 Å². The Labute approximate surface area is 116 Å². The molecule has 2 aromatic rings. The number of hydrogen-bond acceptors (Lipinski definition) is 3. The van der Waals surface area contributed by atoms with Crippen molar-refractivity contribution in [3.8, 4) is 0 Å². The Morgan fingerprint density at radius 3 is 2.50 bits per heavy atom. The molecule has 1 amide bonds. The Balaban J connectivity index is 1.92. The third kappa shape index (κ3) is 2.40. The summed E-state index contributed by atoms with van der Waals surface area (Å²) >= 11 is 0. The summed E-state index contributed by atoms with van der Waals surface area (Å²) in [6, 6.07) is 11.5. The van der Waals surface area contributed by atoms with Crippen LogP contribution in [0.4, 0.5) is 0 Å². The second kappa shape index (κ2) is 4.81. The van der Waals surface area contributed by atoms with Crippen LogP contribution in [-0.2, 0) is 4.79 Å². The molecule has 2 heterocycles. The molecule has 1 aliphatic heterocycles. The Morgan fingerprint density at radius 1 is 1.10 bits per heavy atom. The average molecular weight is 266 g/mol. The highest BCUT2D eigenvalue weighted by Crippen LogP contribution is 2.16. The Kier molecular flexibility index (Phi) is 2.99. The van der Waals surface area contributed by atoms with Crippen molar-refractivity contribution >= 4 is 17.8 Å². The number of carbonyl (C=O) groups excluding carboxylic acids is 1. The molecule has 0 spiro atoms. The minimum Gasteiger partial charge on any atom is -0.462 e. The Morgan fingerprint density at radius 2 is 1.85 bits per heavy atom. The first kappa shape index (κ1) is 12.4. The second-order valence-electron chi connectivity index (χ2n) is 4.76. The first-order valence-corrected chi connectivity index (χ1v) is 6.37. The molecule has 0 saturated heterocycles. The number of nitrogens with zero attached hydrogens (tertiary/aromatic N) is 1. The lowest BCUT2D eigenvalue weighted by atomic mass is 10.1. The maximum atomic E-state index is 11.9. The molecule has 0 radical (unpaired) electrons. The standard InChI is InChI=1S/C16H14N2O2/c1-10-3-6-12(7-4-10)15-17-14(16(19)18-15)9-13-8-5-11(2)20-13/h3-9H,1-2H3,(H,17,18,19)/b14-9+. The minimum absolute atomic E-state index is 0.213. The van der Waals surface area contributed by atoms with Crippen molar-refractivity contribution < 1.29 is 9.21 Å². The van der Waals surface area contributed by atoms with E-state index in [2.05, 4.69) is 10.3 Å². The molecule has 1 aromatic heterocycles. The summed E-state index contributed by atoms with van der Waals surface area (Å²) in [5, 5.41) is 2.77. The number of rotatable bonds is 2. The highest BCUT2D eigenvalue weighted by molar-refractivity contribution is 6.19. The van der Waals surface area contributed by atoms with Crippen molar-refractivity contribution in [2.45, 2.75) is 13.8 Å². The average Bonchev–Trinajstić information content (AvgIpc) is 2.98. The fraction of sp³-hybridized carbons (Fsp3) is 0.125. The fourth-order valence-corrected chi connectivity index (χ4v) is 1.98. The smallest absolute Gasteiger partial charge is 0.275 e. The van der Waals surface area contributed by atoms with Gasteiger partial charge in [-0.2, -0.15) is 0 Å². The first-order valence-electron chi connectivity index (χ1n) is 6.37. The van der Waals surface area contributed by atoms with Gasteiger partial charge in [-0.25, -0.2) is 4.99 Å². The Hall–Kier alpha value is -2.62. The van der Waals surface area contributed by atoms with Gasteiger partial charge in [0.25, 0.3) is 5.91 Å². The first-order chi connectivity index (χ1) is 9.61. The zero-order valence-electron chi connectivity index (χ0n) is 11.3. The Bertz CT molecular complexity index is 721. The summed E-state index contributed by atoms with van der Waals surface area (Å²) in [5.41, 5.74) is 2.42. The van der Waals surface area contributed by atoms with Gasteiger partial charge < -0.3 is 9.73 Å². The lowest BCUT2D eigenvalue weighted by molar-refractivity contribution is -0.115. The van der Waals surface area contributed by atoms with Crippen LogP contribution in [0.1, 0.15) is 22.6 Å². The third-order valence-corrected chi connectivity index (χ3v) is 3.06. The number of hydrogen-bond donors (Lipinski definition) is 1. The van der Waals surface area contributed by atoms with E-state index in [0.717, 1.165) is 11.3 Å². The van der Waals surface area contributed by atoms with E-state index in [9.17, 15) is 4.79 Å². The summed E-state index contributed by atoms with van der Waals surface area (Å²) in [5.74, 6) is 1.79. The minimum atomic E-state index is -0.213. The normalized spacial score (nSPS) is 16.4. The topological polar surface area (TPSA) is 54.6 Å². The molecule has 100 valence electrons. The van der Waals surface area contributed by atoms with Crippen molar-refractivity contribution in [3.63, 3.8) is 0 Å². The predicted molar refractivity (Wildman–Crippen MR) is 77.3 cm³/mol. The highest BCUT2D eigenvalue weighted by atomic mass is 16.3. The lowest BCUT2D eigenvalue weighted by Crippen LogP contribution is -2.24. The van der Waals surface area contributed by atoms with Gasteiger partial charge in [-0.1, -0.05) is 29.8 Å². The van der Waals surface area contributed by atoms with Crippen LogP contribution in [-0.4, -0.2) is 11.7 Å². The van der Waals surface area contributed by atoms with E-state index in [-0.39, 0.29) is 5.91 Å². The number of benzene rings is 1. The van der Waals surface area contributed by atoms with Gasteiger partial charge in [0, 0.05) is 11.6 Å². The van der Waals surface area contributed by atoms with E-state index in [0.29, 0.717) is 17.3 Å². The molecule has 0 atom stereocenters. The lowest BCUT2D eigenvalue weighted by Gasteiger charge is -2.00. The van der Waals surface area contributed by atoms with Crippen LogP contribution in [0.5, 0.6) is 0 Å². The van der Waals surface area contributed by atoms with Crippen LogP contribution in [0.2, 0.25) is 0 Å². The largest absolute Gasteiger partial charge is 0.462 e. The van der Waals surface area contributed by atoms with Crippen molar-refractivity contribution in [1.29, 1.82) is 0 Å². The van der Waals surface area contributed by atoms with E-state index < -0.39 is 0 Å². The molecular weight excluding hydrogens is 252 g/mol. The molecule has 4 heteroatoms. The second-order valence-corrected chi connectivity index (χ2v) is 4.76. The number of nitrogens with one attached hydrogen (secondary N) is 1. The highest BCUT2D eigenvalue weighted by Gasteiger charge is 2.21. The molecule has 3 rings (SSSR count). The van der Waals surface area contributed by atoms with Crippen molar-refractivity contribution in [2.24, 2.45) is 4.99 Å². The van der Waals surface area contributed by atoms with Crippen molar-refractivity contribution in [3.05, 3.63) is 64.7 Å². The van der Waals surface area contributed by atoms with Gasteiger partial charge in [-0.05, 0) is 26.0 Å². The van der Waals surface area contributed by atoms with Crippen molar-refractivity contribution in [1.82, 2.24) is 5.32 Å². The fourth-order valence-electron chi connectivity index (χ4n) is 1.98. The summed E-state index contributed by atoms with van der Waals surface area (Å²) in [7, 11) is 0. The van der Waals surface area contributed by atoms with Crippen LogP contribution >= 0.6 is 0 Å². The van der Waals surface area contributed by atoms with Crippen molar-refractivity contribution in [2.75, 3.05) is 0 Å². The summed E-state index contributed by atoms with van der Waals surface area (Å²) in [6.07, 6.45) is 1.64. The van der Waals surface area contributed by atoms with Gasteiger partial charge in [-0.3, -0.25) is 4.79 Å². The van der Waals surface area contributed by atoms with E-state index in [1.54, 1.807) is 6.08 Å². The van der Waals surface area contributed by atoms with Crippen LogP contribution in [0.25, 0.3) is 6.08 Å². The van der Waals surface area contributed by atoms with Crippen LogP contribution < -0.4 is 5.32 Å². The van der Waals surface area contributed by atoms with Crippen LogP contribution in [0.15, 0.2) is 51.5 Å². The molecule has 0 aliphatic carbocycles. The molecule has 1 aromatic carbocycles. The zero-order chi connectivity index (χ0) is 14.1. The molecule has 1 N–H and O–H groups in total. The number of amides is 1. The summed E-state index contributed by atoms with van der Waals surface area (Å²) in [4.78, 5) is 16.2. The van der Waals surface area contributed by atoms with E-state index in [4.69, 9.17) is 4.42 Å². The van der Waals surface area contributed by atoms with E-state index >= 15 is 0 Å². The molecule has 0 bridgehead atoms. The number of carbonyl (C=O) groups is 1. The summed E-state index contributed by atoms with van der Waals surface area (Å²) < 4.78 is 5.42. The molecule has 0 unspecified atom stereocenters. The molecule has 0 fully saturated rings. The predicted octanol–water partition coefficient (Wildman–Crippen LogP) is 2.81. The maximum Gasteiger partial charge on any atom is 0.275 e. The molecule has 20 heavy (non-hydrogen) atoms. The molecule has 0 saturated carbocycles. The number of furan rings is 1. The quantitative estimate of drug-likeness (QED) is 0.850. The monoisotopic (exact) mass is 266 g/mol. The van der Waals surface area contributed by atoms with Crippen LogP contribution in [0.3, 0.4) is 0 Å². The number of aryl methyl sites for hydroxylation is 2. The van der Waals surface area contributed by atoms with Gasteiger partial charge in [-0.15, -0.1) is 0 Å². The van der Waals surface area contributed by atoms with Gasteiger partial charge in [0.1, 0.15) is 23.1 Å². The van der Waals surface area contributed by atoms with Crippen LogP contribution in [0, 0.1) is 13.8 Å². The number of amidine groups is 1. The molecule has 1 aliphatic rings. The molecule has 4 nitrogen and oxygen atoms in total. The summed E-state index contributed by atoms with van der Waals surface area (Å²) in [6.45, 7) is 3.88. The molecular formula is C16H14N2O2. The maximum absolute atomic E-state index is 11.9.